The van der Waals surface area contributed by atoms with Gasteiger partial charge in [-0.25, -0.2) is 9.18 Å². The lowest BCUT2D eigenvalue weighted by molar-refractivity contribution is -0.239. The van der Waals surface area contributed by atoms with Gasteiger partial charge in [-0.3, -0.25) is 0 Å². The van der Waals surface area contributed by atoms with Gasteiger partial charge in [0, 0.05) is 6.42 Å². The van der Waals surface area contributed by atoms with Crippen molar-refractivity contribution in [3.8, 4) is 0 Å². The van der Waals surface area contributed by atoms with Crippen LogP contribution in [0.5, 0.6) is 0 Å². The molecule has 0 aliphatic carbocycles. The second kappa shape index (κ2) is 6.81. The molecule has 0 aliphatic heterocycles. The fourth-order valence-electron chi connectivity index (χ4n) is 1.49. The molecule has 0 spiro atoms. The van der Waals surface area contributed by atoms with E-state index in [-0.39, 0.29) is 6.42 Å². The topological polar surface area (TPSA) is 26.3 Å². The van der Waals surface area contributed by atoms with Crippen LogP contribution in [0.25, 0.3) is 0 Å². The average Bonchev–Trinajstić information content (AvgIpc) is 2.25. The van der Waals surface area contributed by atoms with Gasteiger partial charge in [-0.1, -0.05) is 32.6 Å². The minimum absolute atomic E-state index is 0.0190. The second-order valence-electron chi connectivity index (χ2n) is 3.95. The number of carbonyl (C=O) groups is 1. The molecule has 6 heteroatoms. The fraction of sp³-hybridized carbons (Fsp3) is 0.909. The Balaban J connectivity index is 4.37. The lowest BCUT2D eigenvalue weighted by Gasteiger charge is -2.25. The van der Waals surface area contributed by atoms with E-state index in [1.165, 1.54) is 0 Å². The van der Waals surface area contributed by atoms with Gasteiger partial charge < -0.3 is 4.74 Å². The molecule has 0 saturated heterocycles. The summed E-state index contributed by atoms with van der Waals surface area (Å²) in [6, 6.07) is 0. The van der Waals surface area contributed by atoms with Crippen LogP contribution in [-0.2, 0) is 9.53 Å². The van der Waals surface area contributed by atoms with E-state index < -0.39 is 24.2 Å². The number of carbonyl (C=O) groups excluding carboxylic acids is 1. The standard InChI is InChI=1S/C11H18F4O2/c1-3-4-5-6-7-8-10(12,9(16)17-2)11(13,14)15/h3-8H2,1-2H3. The molecule has 0 N–H and O–H groups in total. The summed E-state index contributed by atoms with van der Waals surface area (Å²) in [4.78, 5) is 10.9. The molecule has 0 fully saturated rings. The van der Waals surface area contributed by atoms with Crippen LogP contribution in [0.2, 0.25) is 0 Å². The molecule has 1 unspecified atom stereocenters. The molecular formula is C11H18F4O2. The Morgan fingerprint density at radius 3 is 2.00 bits per heavy atom. The molecule has 0 amide bonds. The van der Waals surface area contributed by atoms with Gasteiger partial charge in [0.25, 0.3) is 0 Å². The van der Waals surface area contributed by atoms with Gasteiger partial charge in [0.1, 0.15) is 0 Å². The molecule has 1 atom stereocenters. The maximum atomic E-state index is 13.6. The summed E-state index contributed by atoms with van der Waals surface area (Å²) in [6.07, 6.45) is -3.01. The number of unbranched alkanes of at least 4 members (excludes halogenated alkanes) is 4. The van der Waals surface area contributed by atoms with Gasteiger partial charge in [-0.2, -0.15) is 13.2 Å². The smallest absolute Gasteiger partial charge is 0.433 e. The van der Waals surface area contributed by atoms with E-state index >= 15 is 0 Å². The minimum Gasteiger partial charge on any atom is -0.466 e. The predicted octanol–water partition coefficient (Wildman–Crippen LogP) is 3.79. The number of rotatable bonds is 7. The van der Waals surface area contributed by atoms with Crippen molar-refractivity contribution in [2.75, 3.05) is 7.11 Å². The zero-order valence-electron chi connectivity index (χ0n) is 10.1. The minimum atomic E-state index is -5.22. The van der Waals surface area contributed by atoms with Crippen LogP contribution in [0.15, 0.2) is 0 Å². The molecule has 2 nitrogen and oxygen atoms in total. The molecule has 0 rings (SSSR count). The Bertz CT molecular complexity index is 240. The molecule has 0 saturated carbocycles. The van der Waals surface area contributed by atoms with Crippen molar-refractivity contribution in [3.05, 3.63) is 0 Å². The van der Waals surface area contributed by atoms with Gasteiger partial charge in [0.05, 0.1) is 7.11 Å². The van der Waals surface area contributed by atoms with E-state index in [2.05, 4.69) is 4.74 Å². The number of halogens is 4. The number of hydrogen-bond acceptors (Lipinski definition) is 2. The number of hydrogen-bond donors (Lipinski definition) is 0. The van der Waals surface area contributed by atoms with Crippen LogP contribution < -0.4 is 0 Å². The van der Waals surface area contributed by atoms with E-state index in [4.69, 9.17) is 0 Å². The summed E-state index contributed by atoms with van der Waals surface area (Å²) < 4.78 is 54.8. The van der Waals surface area contributed by atoms with Crippen LogP contribution in [0, 0.1) is 0 Å². The molecule has 102 valence electrons. The van der Waals surface area contributed by atoms with Crippen molar-refractivity contribution in [2.45, 2.75) is 57.3 Å². The molecule has 0 bridgehead atoms. The van der Waals surface area contributed by atoms with E-state index in [1.807, 2.05) is 6.92 Å². The molecule has 0 heterocycles. The highest BCUT2D eigenvalue weighted by molar-refractivity contribution is 5.80. The number of esters is 1. The maximum Gasteiger partial charge on any atom is 0.433 e. The predicted molar refractivity (Wildman–Crippen MR) is 55.3 cm³/mol. The Labute approximate surface area is 98.3 Å². The molecule has 0 radical (unpaired) electrons. The SMILES string of the molecule is CCCCCCCC(F)(C(=O)OC)C(F)(F)F. The summed E-state index contributed by atoms with van der Waals surface area (Å²) in [5.41, 5.74) is -3.87. The fourth-order valence-corrected chi connectivity index (χ4v) is 1.49. The molecule has 0 aromatic heterocycles. The number of alkyl halides is 4. The molecule has 17 heavy (non-hydrogen) atoms. The maximum absolute atomic E-state index is 13.6. The highest BCUT2D eigenvalue weighted by Gasteiger charge is 2.62. The van der Waals surface area contributed by atoms with Crippen LogP contribution in [0.4, 0.5) is 17.6 Å². The van der Waals surface area contributed by atoms with Crippen molar-refractivity contribution in [1.29, 1.82) is 0 Å². The van der Waals surface area contributed by atoms with Gasteiger partial charge in [-0.15, -0.1) is 0 Å². The van der Waals surface area contributed by atoms with Gasteiger partial charge in [0.2, 0.25) is 0 Å². The molecule has 0 aliphatic rings. The summed E-state index contributed by atoms with van der Waals surface area (Å²) in [5, 5.41) is 0. The summed E-state index contributed by atoms with van der Waals surface area (Å²) in [6.45, 7) is 1.96. The van der Waals surface area contributed by atoms with Crippen LogP contribution in [0.3, 0.4) is 0 Å². The highest BCUT2D eigenvalue weighted by atomic mass is 19.4. The number of methoxy groups -OCH3 is 1. The van der Waals surface area contributed by atoms with Crippen molar-refractivity contribution in [3.63, 3.8) is 0 Å². The summed E-state index contributed by atoms with van der Waals surface area (Å²) >= 11 is 0. The monoisotopic (exact) mass is 258 g/mol. The van der Waals surface area contributed by atoms with E-state index in [9.17, 15) is 22.4 Å². The third-order valence-corrected chi connectivity index (χ3v) is 2.58. The zero-order valence-corrected chi connectivity index (χ0v) is 10.1. The molecule has 0 aromatic carbocycles. The van der Waals surface area contributed by atoms with Crippen LogP contribution >= 0.6 is 0 Å². The first-order chi connectivity index (χ1) is 7.79. The van der Waals surface area contributed by atoms with Gasteiger partial charge in [-0.05, 0) is 6.42 Å². The molecular weight excluding hydrogens is 240 g/mol. The summed E-state index contributed by atoms with van der Waals surface area (Å²) in [7, 11) is 0.749. The third-order valence-electron chi connectivity index (χ3n) is 2.58. The third kappa shape index (κ3) is 4.52. The largest absolute Gasteiger partial charge is 0.466 e. The Hall–Kier alpha value is -0.810. The van der Waals surface area contributed by atoms with Crippen LogP contribution in [0.1, 0.15) is 45.4 Å². The lowest BCUT2D eigenvalue weighted by Crippen LogP contribution is -2.48. The normalized spacial score (nSPS) is 15.4. The number of ether oxygens (including phenoxy) is 1. The Morgan fingerprint density at radius 1 is 1.06 bits per heavy atom. The Kier molecular flexibility index (Phi) is 6.49. The summed E-state index contributed by atoms with van der Waals surface area (Å²) in [5.74, 6) is -1.86. The first-order valence-electron chi connectivity index (χ1n) is 5.63. The first kappa shape index (κ1) is 16.2. The van der Waals surface area contributed by atoms with E-state index in [0.717, 1.165) is 26.4 Å². The van der Waals surface area contributed by atoms with E-state index in [1.54, 1.807) is 0 Å². The van der Waals surface area contributed by atoms with Crippen LogP contribution in [-0.4, -0.2) is 24.9 Å². The quantitative estimate of drug-likeness (QED) is 0.394. The highest BCUT2D eigenvalue weighted by Crippen LogP contribution is 2.39. The Morgan fingerprint density at radius 2 is 1.59 bits per heavy atom. The van der Waals surface area contributed by atoms with Gasteiger partial charge in [0.15, 0.2) is 0 Å². The zero-order chi connectivity index (χ0) is 13.5. The van der Waals surface area contributed by atoms with Crippen molar-refractivity contribution in [1.82, 2.24) is 0 Å². The molecule has 0 aromatic rings. The second-order valence-corrected chi connectivity index (χ2v) is 3.95. The average molecular weight is 258 g/mol. The van der Waals surface area contributed by atoms with E-state index in [0.29, 0.717) is 6.42 Å². The van der Waals surface area contributed by atoms with Gasteiger partial charge >= 0.3 is 17.8 Å². The van der Waals surface area contributed by atoms with Crippen molar-refractivity contribution in [2.24, 2.45) is 0 Å². The van der Waals surface area contributed by atoms with Crippen molar-refractivity contribution < 1.29 is 27.1 Å². The lowest BCUT2D eigenvalue weighted by atomic mass is 9.97. The first-order valence-corrected chi connectivity index (χ1v) is 5.63. The van der Waals surface area contributed by atoms with Crippen molar-refractivity contribution >= 4 is 5.97 Å².